The molecule has 8 fully saturated rings. The first-order valence-electron chi connectivity index (χ1n) is 28.8. The second-order valence-corrected chi connectivity index (χ2v) is 24.0. The molecule has 4 aromatic rings. The van der Waals surface area contributed by atoms with Crippen LogP contribution in [0, 0.1) is 17.3 Å². The zero-order chi connectivity index (χ0) is 52.2. The number of nitrogens with two attached hydrogens (primary N) is 1. The zero-order valence-corrected chi connectivity index (χ0v) is 45.0. The van der Waals surface area contributed by atoms with E-state index in [2.05, 4.69) is 46.4 Å². The Balaban J connectivity index is 0.603. The van der Waals surface area contributed by atoms with Gasteiger partial charge in [-0.25, -0.2) is 9.97 Å². The third-order valence-electron chi connectivity index (χ3n) is 18.6. The molecular formula is C59H79ClN10O6. The third-order valence-corrected chi connectivity index (χ3v) is 18.8. The molecular weight excluding hydrogens is 980 g/mol. The predicted octanol–water partition coefficient (Wildman–Crippen LogP) is 7.53. The lowest BCUT2D eigenvalue weighted by atomic mass is 9.44. The van der Waals surface area contributed by atoms with Crippen LogP contribution in [0.5, 0.6) is 0 Å². The first-order valence-corrected chi connectivity index (χ1v) is 29.2. The maximum Gasteiger partial charge on any atom is 0.251 e. The van der Waals surface area contributed by atoms with E-state index >= 15 is 0 Å². The number of H-pyrrole nitrogens is 1. The van der Waals surface area contributed by atoms with Gasteiger partial charge in [0.1, 0.15) is 23.8 Å². The number of fused-ring (bicyclic) bond motifs is 1. The van der Waals surface area contributed by atoms with Crippen molar-refractivity contribution in [3.05, 3.63) is 88.8 Å². The number of halogens is 1. The second-order valence-electron chi connectivity index (χ2n) is 23.6. The van der Waals surface area contributed by atoms with Gasteiger partial charge in [0, 0.05) is 88.2 Å². The molecule has 12 rings (SSSR count). The van der Waals surface area contributed by atoms with Crippen LogP contribution in [0.25, 0.3) is 11.0 Å². The highest BCUT2D eigenvalue weighted by atomic mass is 35.5. The highest BCUT2D eigenvalue weighted by Gasteiger charge is 2.62. The van der Waals surface area contributed by atoms with E-state index < -0.39 is 11.6 Å². The van der Waals surface area contributed by atoms with Gasteiger partial charge in [-0.2, -0.15) is 0 Å². The molecule has 0 spiro atoms. The summed E-state index contributed by atoms with van der Waals surface area (Å²) < 4.78 is 12.9. The Morgan fingerprint density at radius 2 is 1.53 bits per heavy atom. The van der Waals surface area contributed by atoms with Gasteiger partial charge in [0.25, 0.3) is 5.91 Å². The minimum atomic E-state index is -1.01. The SMILES string of the molecule is NC1(C(=O)N[C@@H](CCOCCN2CCC(OC3CCN(C(=O)[C@H](NC(=O)c4cccc(C5CCCN(C(=O)C67CC(C6)C7)C5)c4)C4CCCCC4)CC3)CC2)c2ccc(Cl)cc2)CCN(c2ncnc3[nH]ccc23)CC1. The van der Waals surface area contributed by atoms with Crippen molar-refractivity contribution >= 4 is 52.1 Å². The average Bonchev–Trinajstić information content (AvgIpc) is 3.96. The van der Waals surface area contributed by atoms with Crippen LogP contribution in [-0.2, 0) is 23.9 Å². The van der Waals surface area contributed by atoms with Gasteiger partial charge < -0.3 is 50.4 Å². The predicted molar refractivity (Wildman–Crippen MR) is 293 cm³/mol. The van der Waals surface area contributed by atoms with Crippen LogP contribution in [0.1, 0.15) is 143 Å². The van der Waals surface area contributed by atoms with E-state index in [1.165, 1.54) is 6.42 Å². The van der Waals surface area contributed by atoms with Crippen molar-refractivity contribution in [2.75, 3.05) is 77.0 Å². The molecule has 1 unspecified atom stereocenters. The van der Waals surface area contributed by atoms with Gasteiger partial charge in [0.15, 0.2) is 0 Å². The highest BCUT2D eigenvalue weighted by molar-refractivity contribution is 6.30. The summed E-state index contributed by atoms with van der Waals surface area (Å²) in [5.74, 6) is 2.00. The fraction of sp³-hybridized carbons (Fsp3) is 0.627. The summed E-state index contributed by atoms with van der Waals surface area (Å²) in [7, 11) is 0. The lowest BCUT2D eigenvalue weighted by molar-refractivity contribution is -0.178. The Labute approximate surface area is 452 Å². The number of ether oxygens (including phenoxy) is 2. The van der Waals surface area contributed by atoms with Crippen LogP contribution in [0.2, 0.25) is 5.02 Å². The Morgan fingerprint density at radius 3 is 2.25 bits per heavy atom. The summed E-state index contributed by atoms with van der Waals surface area (Å²) in [6.07, 6.45) is 19.2. The summed E-state index contributed by atoms with van der Waals surface area (Å²) in [6.45, 7) is 7.78. The molecule has 3 atom stereocenters. The molecule has 4 aliphatic carbocycles. The molecule has 4 amide bonds. The van der Waals surface area contributed by atoms with Gasteiger partial charge in [0.05, 0.1) is 41.2 Å². The molecule has 4 saturated heterocycles. The second kappa shape index (κ2) is 23.5. The average molecular weight is 1060 g/mol. The number of carbonyl (C=O) groups is 4. The van der Waals surface area contributed by atoms with Crippen LogP contribution < -0.4 is 21.3 Å². The zero-order valence-electron chi connectivity index (χ0n) is 44.3. The maximum absolute atomic E-state index is 14.4. The molecule has 4 aliphatic heterocycles. The lowest BCUT2D eigenvalue weighted by Gasteiger charge is -2.61. The summed E-state index contributed by atoms with van der Waals surface area (Å²) in [5, 5.41) is 8.14. The van der Waals surface area contributed by atoms with Crippen molar-refractivity contribution in [1.82, 2.24) is 40.3 Å². The number of hydrogen-bond donors (Lipinski definition) is 4. The van der Waals surface area contributed by atoms with Gasteiger partial charge in [0.2, 0.25) is 17.7 Å². The number of amides is 4. The molecule has 2 bridgehead atoms. The number of anilines is 1. The van der Waals surface area contributed by atoms with Crippen molar-refractivity contribution in [3.8, 4) is 0 Å². The van der Waals surface area contributed by atoms with Gasteiger partial charge in [-0.15, -0.1) is 0 Å². The number of rotatable bonds is 18. The van der Waals surface area contributed by atoms with Crippen LogP contribution >= 0.6 is 11.6 Å². The Hall–Kier alpha value is -5.13. The minimum Gasteiger partial charge on any atom is -0.380 e. The number of aromatic nitrogens is 3. The largest absolute Gasteiger partial charge is 0.380 e. The summed E-state index contributed by atoms with van der Waals surface area (Å²) in [6, 6.07) is 16.7. The molecule has 6 heterocycles. The quantitative estimate of drug-likeness (QED) is 0.0721. The van der Waals surface area contributed by atoms with E-state index in [1.807, 2.05) is 59.6 Å². The van der Waals surface area contributed by atoms with E-state index in [0.717, 1.165) is 150 Å². The minimum absolute atomic E-state index is 0.0419. The Bertz CT molecular complexity index is 2640. The topological polar surface area (TPSA) is 191 Å². The van der Waals surface area contributed by atoms with Crippen molar-refractivity contribution in [2.45, 2.75) is 145 Å². The molecule has 2 aromatic heterocycles. The van der Waals surface area contributed by atoms with Crippen molar-refractivity contribution in [1.29, 1.82) is 0 Å². The molecule has 2 aromatic carbocycles. The van der Waals surface area contributed by atoms with E-state index in [1.54, 1.807) is 6.33 Å². The molecule has 408 valence electrons. The first-order chi connectivity index (χ1) is 37.0. The Kier molecular flexibility index (Phi) is 16.3. The van der Waals surface area contributed by atoms with Crippen LogP contribution in [-0.4, -0.2) is 149 Å². The number of likely N-dealkylation sites (tertiary alicyclic amines) is 3. The van der Waals surface area contributed by atoms with Crippen LogP contribution in [0.15, 0.2) is 67.1 Å². The number of benzene rings is 2. The van der Waals surface area contributed by atoms with Gasteiger partial charge >= 0.3 is 0 Å². The van der Waals surface area contributed by atoms with Crippen molar-refractivity contribution < 1.29 is 28.7 Å². The number of carbonyl (C=O) groups excluding carboxylic acids is 4. The first kappa shape index (κ1) is 52.9. The third kappa shape index (κ3) is 11.8. The summed E-state index contributed by atoms with van der Waals surface area (Å²) in [4.78, 5) is 76.6. The molecule has 0 radical (unpaired) electrons. The number of nitrogens with zero attached hydrogens (tertiary/aromatic N) is 6. The van der Waals surface area contributed by atoms with E-state index in [9.17, 15) is 19.2 Å². The summed E-state index contributed by atoms with van der Waals surface area (Å²) >= 11 is 6.26. The number of nitrogens with one attached hydrogen (secondary N) is 3. The Morgan fingerprint density at radius 1 is 0.789 bits per heavy atom. The normalized spacial score (nSPS) is 25.3. The standard InChI is InChI=1S/C59H79ClN10O6/c60-46-13-11-41(12-14-46)50(65-56(73)59(61)21-29-68(30-22-59)53-49-15-23-62-52(49)63-39-64-53)20-32-75-33-31-67-25-16-47(17-26-67)76-48-18-27-69(28-19-48)55(72)51(42-6-2-1-3-7-42)66-54(71)44-9-4-8-43(34-44)45-10-5-24-70(38-45)57(74)58-35-40(36-58)37-58/h4,8-9,11-15,23,34,39-40,42,45,47-48,50-51H,1-3,5-7,10,16-22,24-33,35-38,61H2,(H,65,73)(H,66,71)(H,62,63,64)/t40?,45?,50-,51+,58?/m0/s1. The molecule has 4 saturated carbocycles. The molecule has 76 heavy (non-hydrogen) atoms. The van der Waals surface area contributed by atoms with Crippen LogP contribution in [0.3, 0.4) is 0 Å². The lowest BCUT2D eigenvalue weighted by Crippen LogP contribution is -2.62. The van der Waals surface area contributed by atoms with Gasteiger partial charge in [-0.05, 0) is 143 Å². The number of hydrogen-bond acceptors (Lipinski definition) is 11. The number of aromatic amines is 1. The monoisotopic (exact) mass is 1060 g/mol. The molecule has 5 N–H and O–H groups in total. The van der Waals surface area contributed by atoms with Crippen molar-refractivity contribution in [2.24, 2.45) is 23.0 Å². The number of piperidine rings is 4. The van der Waals surface area contributed by atoms with Gasteiger partial charge in [-0.3, -0.25) is 19.2 Å². The smallest absolute Gasteiger partial charge is 0.251 e. The van der Waals surface area contributed by atoms with Crippen LogP contribution in [0.4, 0.5) is 5.82 Å². The molecule has 17 heteroatoms. The maximum atomic E-state index is 14.4. The van der Waals surface area contributed by atoms with Gasteiger partial charge in [-0.1, -0.05) is 55.1 Å². The highest BCUT2D eigenvalue weighted by Crippen LogP contribution is 2.65. The van der Waals surface area contributed by atoms with E-state index in [-0.39, 0.29) is 53.2 Å². The molecule has 8 aliphatic rings. The van der Waals surface area contributed by atoms with E-state index in [0.29, 0.717) is 75.1 Å². The summed E-state index contributed by atoms with van der Waals surface area (Å²) in [5.41, 5.74) is 9.21. The fourth-order valence-electron chi connectivity index (χ4n) is 13.7. The fourth-order valence-corrected chi connectivity index (χ4v) is 13.9. The van der Waals surface area contributed by atoms with E-state index in [4.69, 9.17) is 26.8 Å². The van der Waals surface area contributed by atoms with Crippen molar-refractivity contribution in [3.63, 3.8) is 0 Å². The molecule has 16 nitrogen and oxygen atoms in total.